The lowest BCUT2D eigenvalue weighted by Gasteiger charge is -2.08. The Hall–Kier alpha value is -4.92. The fraction of sp³-hybridized carbons (Fsp3) is 0.143. The normalized spacial score (nSPS) is 10.4. The highest BCUT2D eigenvalue weighted by Crippen LogP contribution is 2.26. The highest BCUT2D eigenvalue weighted by Gasteiger charge is 2.21. The van der Waals surface area contributed by atoms with Crippen molar-refractivity contribution in [2.75, 3.05) is 26.1 Å². The summed E-state index contributed by atoms with van der Waals surface area (Å²) < 4.78 is 12.3. The molecule has 188 valence electrons. The zero-order chi connectivity index (χ0) is 26.2. The van der Waals surface area contributed by atoms with Crippen molar-refractivity contribution in [1.29, 1.82) is 0 Å². The Morgan fingerprint density at radius 1 is 0.946 bits per heavy atom. The predicted molar refractivity (Wildman–Crippen MR) is 139 cm³/mol. The van der Waals surface area contributed by atoms with Crippen LogP contribution in [0.1, 0.15) is 26.3 Å². The van der Waals surface area contributed by atoms with Crippen molar-refractivity contribution in [3.63, 3.8) is 0 Å². The summed E-state index contributed by atoms with van der Waals surface area (Å²) in [5.74, 6) is -0.800. The van der Waals surface area contributed by atoms with E-state index >= 15 is 0 Å². The molecule has 0 saturated heterocycles. The first-order valence-corrected chi connectivity index (χ1v) is 11.5. The van der Waals surface area contributed by atoms with Crippen molar-refractivity contribution in [3.05, 3.63) is 102 Å². The Morgan fingerprint density at radius 3 is 2.41 bits per heavy atom. The summed E-state index contributed by atoms with van der Waals surface area (Å²) in [4.78, 5) is 37.1. The lowest BCUT2D eigenvalue weighted by molar-refractivity contribution is -0.119. The molecular formula is C28H26N4O5. The molecule has 9 heteroatoms. The maximum atomic E-state index is 13.0. The number of hydrogen-bond acceptors (Lipinski definition) is 6. The van der Waals surface area contributed by atoms with Gasteiger partial charge in [0.2, 0.25) is 0 Å². The highest BCUT2D eigenvalue weighted by atomic mass is 16.5. The molecule has 0 bridgehead atoms. The van der Waals surface area contributed by atoms with Crippen LogP contribution >= 0.6 is 0 Å². The van der Waals surface area contributed by atoms with Gasteiger partial charge in [-0.2, -0.15) is 5.10 Å². The van der Waals surface area contributed by atoms with Crippen LogP contribution in [0.3, 0.4) is 0 Å². The van der Waals surface area contributed by atoms with E-state index in [1.165, 1.54) is 7.05 Å². The quantitative estimate of drug-likeness (QED) is 0.340. The zero-order valence-electron chi connectivity index (χ0n) is 20.4. The van der Waals surface area contributed by atoms with Gasteiger partial charge in [0, 0.05) is 30.1 Å². The highest BCUT2D eigenvalue weighted by molar-refractivity contribution is 5.99. The van der Waals surface area contributed by atoms with Gasteiger partial charge in [0.1, 0.15) is 17.0 Å². The smallest absolute Gasteiger partial charge is 0.342 e. The third-order valence-corrected chi connectivity index (χ3v) is 5.50. The van der Waals surface area contributed by atoms with Crippen molar-refractivity contribution < 1.29 is 23.9 Å². The van der Waals surface area contributed by atoms with Crippen LogP contribution in [0.5, 0.6) is 5.75 Å². The van der Waals surface area contributed by atoms with Gasteiger partial charge in [-0.15, -0.1) is 0 Å². The first kappa shape index (κ1) is 25.2. The first-order chi connectivity index (χ1) is 18.0. The summed E-state index contributed by atoms with van der Waals surface area (Å²) in [5, 5.41) is 9.80. The Balaban J connectivity index is 1.49. The summed E-state index contributed by atoms with van der Waals surface area (Å²) in [6.45, 7) is -0.0327. The van der Waals surface area contributed by atoms with E-state index in [4.69, 9.17) is 9.47 Å². The average molecular weight is 499 g/mol. The standard InChI is InChI=1S/C28H26N4O5/c1-29-27(34)20-11-13-22(14-12-20)30-25(33)18-37-28(35)24-17-32(16-19-7-4-3-5-8-19)31-26(24)21-9-6-10-23(15-21)36-2/h3-15,17H,16,18H2,1-2H3,(H,29,34)(H,30,33). The fourth-order valence-corrected chi connectivity index (χ4v) is 3.66. The maximum Gasteiger partial charge on any atom is 0.342 e. The number of hydrogen-bond donors (Lipinski definition) is 2. The van der Waals surface area contributed by atoms with Crippen LogP contribution in [0.15, 0.2) is 85.1 Å². The van der Waals surface area contributed by atoms with Crippen LogP contribution in [0.2, 0.25) is 0 Å². The predicted octanol–water partition coefficient (Wildman–Crippen LogP) is 3.76. The Morgan fingerprint density at radius 2 is 1.70 bits per heavy atom. The van der Waals surface area contributed by atoms with E-state index in [-0.39, 0.29) is 11.5 Å². The van der Waals surface area contributed by atoms with Crippen LogP contribution in [0.4, 0.5) is 5.69 Å². The summed E-state index contributed by atoms with van der Waals surface area (Å²) in [7, 11) is 3.10. The van der Waals surface area contributed by atoms with E-state index in [0.717, 1.165) is 5.56 Å². The molecule has 9 nitrogen and oxygen atoms in total. The van der Waals surface area contributed by atoms with Crippen molar-refractivity contribution in [3.8, 4) is 17.0 Å². The SMILES string of the molecule is CNC(=O)c1ccc(NC(=O)COC(=O)c2cn(Cc3ccccc3)nc2-c2cccc(OC)c2)cc1. The Kier molecular flexibility index (Phi) is 7.95. The number of carbonyl (C=O) groups is 3. The van der Waals surface area contributed by atoms with Gasteiger partial charge >= 0.3 is 5.97 Å². The molecule has 3 aromatic carbocycles. The lowest BCUT2D eigenvalue weighted by atomic mass is 10.1. The molecule has 0 spiro atoms. The third kappa shape index (κ3) is 6.40. The number of aromatic nitrogens is 2. The van der Waals surface area contributed by atoms with Gasteiger partial charge in [-0.1, -0.05) is 42.5 Å². The lowest BCUT2D eigenvalue weighted by Crippen LogP contribution is -2.21. The number of nitrogens with one attached hydrogen (secondary N) is 2. The molecule has 0 aliphatic carbocycles. The number of amides is 2. The van der Waals surface area contributed by atoms with E-state index in [1.807, 2.05) is 42.5 Å². The van der Waals surface area contributed by atoms with Gasteiger partial charge in [-0.05, 0) is 42.0 Å². The van der Waals surface area contributed by atoms with Crippen LogP contribution in [-0.2, 0) is 16.1 Å². The average Bonchev–Trinajstić information content (AvgIpc) is 3.36. The van der Waals surface area contributed by atoms with Gasteiger partial charge in [-0.25, -0.2) is 4.79 Å². The van der Waals surface area contributed by atoms with Gasteiger partial charge in [0.05, 0.1) is 13.7 Å². The van der Waals surface area contributed by atoms with Gasteiger partial charge in [0.15, 0.2) is 6.61 Å². The minimum Gasteiger partial charge on any atom is -0.497 e. The summed E-state index contributed by atoms with van der Waals surface area (Å²) >= 11 is 0. The third-order valence-electron chi connectivity index (χ3n) is 5.50. The summed E-state index contributed by atoms with van der Waals surface area (Å²) in [5.41, 5.74) is 3.28. The van der Waals surface area contributed by atoms with Gasteiger partial charge < -0.3 is 20.1 Å². The number of nitrogens with zero attached hydrogens (tertiary/aromatic N) is 2. The second-order valence-corrected chi connectivity index (χ2v) is 8.09. The Labute approximate surface area is 214 Å². The van der Waals surface area contributed by atoms with E-state index in [9.17, 15) is 14.4 Å². The van der Waals surface area contributed by atoms with Crippen LogP contribution < -0.4 is 15.4 Å². The maximum absolute atomic E-state index is 13.0. The van der Waals surface area contributed by atoms with E-state index in [0.29, 0.717) is 34.8 Å². The second-order valence-electron chi connectivity index (χ2n) is 8.09. The van der Waals surface area contributed by atoms with Gasteiger partial charge in [-0.3, -0.25) is 14.3 Å². The van der Waals surface area contributed by atoms with Crippen LogP contribution in [0, 0.1) is 0 Å². The number of benzene rings is 3. The van der Waals surface area contributed by atoms with Crippen molar-refractivity contribution in [1.82, 2.24) is 15.1 Å². The molecule has 0 atom stereocenters. The second kappa shape index (κ2) is 11.7. The molecule has 0 fully saturated rings. The zero-order valence-corrected chi connectivity index (χ0v) is 20.4. The summed E-state index contributed by atoms with van der Waals surface area (Å²) in [6.07, 6.45) is 1.61. The molecule has 1 aromatic heterocycles. The topological polar surface area (TPSA) is 112 Å². The molecule has 4 aromatic rings. The Bertz CT molecular complexity index is 1400. The molecular weight excluding hydrogens is 472 g/mol. The number of carbonyl (C=O) groups excluding carboxylic acids is 3. The molecule has 0 unspecified atom stereocenters. The largest absolute Gasteiger partial charge is 0.497 e. The number of ether oxygens (including phenoxy) is 2. The molecule has 0 radical (unpaired) electrons. The molecule has 37 heavy (non-hydrogen) atoms. The molecule has 0 saturated carbocycles. The number of anilines is 1. The minimum absolute atomic E-state index is 0.229. The molecule has 0 aliphatic heterocycles. The first-order valence-electron chi connectivity index (χ1n) is 11.5. The van der Waals surface area contributed by atoms with E-state index in [2.05, 4.69) is 15.7 Å². The summed E-state index contributed by atoms with van der Waals surface area (Å²) in [6, 6.07) is 23.3. The van der Waals surface area contributed by atoms with Gasteiger partial charge in [0.25, 0.3) is 11.8 Å². The van der Waals surface area contributed by atoms with Crippen molar-refractivity contribution in [2.45, 2.75) is 6.54 Å². The minimum atomic E-state index is -0.678. The fourth-order valence-electron chi connectivity index (χ4n) is 3.66. The van der Waals surface area contributed by atoms with Crippen LogP contribution in [0.25, 0.3) is 11.3 Å². The number of esters is 1. The van der Waals surface area contributed by atoms with Crippen molar-refractivity contribution in [2.24, 2.45) is 0 Å². The van der Waals surface area contributed by atoms with Crippen molar-refractivity contribution >= 4 is 23.5 Å². The number of rotatable bonds is 9. The van der Waals surface area contributed by atoms with E-state index < -0.39 is 18.5 Å². The molecule has 4 rings (SSSR count). The molecule has 1 heterocycles. The molecule has 2 N–H and O–H groups in total. The van der Waals surface area contributed by atoms with Crippen LogP contribution in [-0.4, -0.2) is 48.3 Å². The monoisotopic (exact) mass is 498 g/mol. The number of methoxy groups -OCH3 is 1. The van der Waals surface area contributed by atoms with E-state index in [1.54, 1.807) is 54.4 Å². The molecule has 2 amide bonds. The molecule has 0 aliphatic rings.